The van der Waals surface area contributed by atoms with Gasteiger partial charge in [0, 0.05) is 38.1 Å². The molecule has 7 nitrogen and oxygen atoms in total. The van der Waals surface area contributed by atoms with Crippen molar-refractivity contribution in [3.8, 4) is 11.5 Å². The Morgan fingerprint density at radius 2 is 2.05 bits per heavy atom. The van der Waals surface area contributed by atoms with Crippen LogP contribution in [0.25, 0.3) is 11.5 Å². The summed E-state index contributed by atoms with van der Waals surface area (Å²) < 4.78 is 31.7. The van der Waals surface area contributed by atoms with Gasteiger partial charge >= 0.3 is 0 Å². The van der Waals surface area contributed by atoms with Gasteiger partial charge in [0.05, 0.1) is 16.2 Å². The van der Waals surface area contributed by atoms with Gasteiger partial charge in [-0.3, -0.25) is 10.1 Å². The Hall–Kier alpha value is -2.58. The Bertz CT molecular complexity index is 681. The number of nitro groups is 1. The lowest BCUT2D eigenvalue weighted by Gasteiger charge is -2.34. The van der Waals surface area contributed by atoms with Crippen LogP contribution in [0.1, 0.15) is 12.8 Å². The lowest BCUT2D eigenvalue weighted by molar-refractivity contribution is -0.384. The predicted octanol–water partition coefficient (Wildman–Crippen LogP) is 2.88. The number of nitro benzene ring substituents is 1. The monoisotopic (exact) mass is 310 g/mol. The second-order valence-electron chi connectivity index (χ2n) is 5.05. The largest absolute Gasteiger partial charge is 0.423 e. The number of hydrogen-bond acceptors (Lipinski definition) is 6. The molecule has 0 unspecified atom stereocenters. The molecule has 1 aromatic carbocycles. The lowest BCUT2D eigenvalue weighted by Crippen LogP contribution is -2.39. The molecule has 1 aromatic heterocycles. The zero-order valence-corrected chi connectivity index (χ0v) is 11.4. The molecule has 0 aliphatic carbocycles. The molecular formula is C13H12F2N4O3. The molecular weight excluding hydrogens is 298 g/mol. The number of benzene rings is 1. The van der Waals surface area contributed by atoms with Gasteiger partial charge in [-0.2, -0.15) is 0 Å². The molecule has 0 atom stereocenters. The minimum absolute atomic E-state index is 0.106. The van der Waals surface area contributed by atoms with Crippen molar-refractivity contribution in [3.63, 3.8) is 0 Å². The van der Waals surface area contributed by atoms with Crippen LogP contribution in [0.2, 0.25) is 0 Å². The van der Waals surface area contributed by atoms with Gasteiger partial charge in [0.1, 0.15) is 0 Å². The van der Waals surface area contributed by atoms with Crippen molar-refractivity contribution in [1.82, 2.24) is 10.2 Å². The van der Waals surface area contributed by atoms with Crippen molar-refractivity contribution in [2.24, 2.45) is 0 Å². The van der Waals surface area contributed by atoms with Crippen LogP contribution in [0.4, 0.5) is 20.2 Å². The zero-order chi connectivity index (χ0) is 15.7. The number of aromatic nitrogens is 2. The number of hydrogen-bond donors (Lipinski definition) is 0. The quantitative estimate of drug-likeness (QED) is 0.640. The van der Waals surface area contributed by atoms with E-state index < -0.39 is 10.8 Å². The fourth-order valence-electron chi connectivity index (χ4n) is 2.44. The first kappa shape index (κ1) is 14.4. The molecule has 9 heteroatoms. The van der Waals surface area contributed by atoms with Gasteiger partial charge in [0.2, 0.25) is 12.3 Å². The van der Waals surface area contributed by atoms with E-state index in [1.165, 1.54) is 18.2 Å². The van der Waals surface area contributed by atoms with E-state index >= 15 is 0 Å². The topological polar surface area (TPSA) is 85.3 Å². The van der Waals surface area contributed by atoms with Crippen LogP contribution >= 0.6 is 0 Å². The van der Waals surface area contributed by atoms with E-state index in [0.717, 1.165) is 6.39 Å². The Morgan fingerprint density at radius 3 is 2.64 bits per heavy atom. The highest BCUT2D eigenvalue weighted by Crippen LogP contribution is 2.37. The predicted molar refractivity (Wildman–Crippen MR) is 72.8 cm³/mol. The van der Waals surface area contributed by atoms with Crippen molar-refractivity contribution in [2.45, 2.75) is 18.8 Å². The zero-order valence-electron chi connectivity index (χ0n) is 11.4. The van der Waals surface area contributed by atoms with Crippen molar-refractivity contribution in [1.29, 1.82) is 0 Å². The molecule has 1 fully saturated rings. The summed E-state index contributed by atoms with van der Waals surface area (Å²) in [5.41, 5.74) is 0.831. The van der Waals surface area contributed by atoms with Crippen LogP contribution in [0.5, 0.6) is 0 Å². The van der Waals surface area contributed by atoms with E-state index in [2.05, 4.69) is 10.2 Å². The Kier molecular flexibility index (Phi) is 3.47. The van der Waals surface area contributed by atoms with Gasteiger partial charge in [-0.25, -0.2) is 8.78 Å². The van der Waals surface area contributed by atoms with Crippen molar-refractivity contribution in [2.75, 3.05) is 18.0 Å². The molecule has 3 rings (SSSR count). The molecule has 2 heterocycles. The van der Waals surface area contributed by atoms with Crippen LogP contribution in [-0.4, -0.2) is 34.1 Å². The Morgan fingerprint density at radius 1 is 1.32 bits per heavy atom. The van der Waals surface area contributed by atoms with E-state index in [4.69, 9.17) is 4.42 Å². The van der Waals surface area contributed by atoms with Gasteiger partial charge in [0.25, 0.3) is 11.6 Å². The summed E-state index contributed by atoms with van der Waals surface area (Å²) in [6.07, 6.45) is 0.558. The fraction of sp³-hybridized carbons (Fsp3) is 0.385. The Balaban J connectivity index is 2.00. The lowest BCUT2D eigenvalue weighted by atomic mass is 10.0. The molecule has 0 bridgehead atoms. The molecule has 1 aliphatic rings. The molecule has 0 amide bonds. The number of rotatable bonds is 3. The number of anilines is 1. The van der Waals surface area contributed by atoms with Gasteiger partial charge in [-0.05, 0) is 6.07 Å². The second kappa shape index (κ2) is 5.32. The molecule has 2 aromatic rings. The number of non-ortho nitro benzene ring substituents is 1. The van der Waals surface area contributed by atoms with Crippen LogP contribution in [0.3, 0.4) is 0 Å². The number of nitrogens with zero attached hydrogens (tertiary/aromatic N) is 4. The number of alkyl halides is 2. The van der Waals surface area contributed by atoms with Crippen molar-refractivity contribution >= 4 is 11.4 Å². The normalized spacial score (nSPS) is 17.5. The summed E-state index contributed by atoms with van der Waals surface area (Å²) in [4.78, 5) is 12.1. The number of halogens is 2. The minimum atomic E-state index is -2.69. The number of piperidine rings is 1. The molecule has 0 saturated carbocycles. The molecule has 0 spiro atoms. The molecule has 0 N–H and O–H groups in total. The second-order valence-corrected chi connectivity index (χ2v) is 5.05. The summed E-state index contributed by atoms with van der Waals surface area (Å²) in [5, 5.41) is 18.3. The SMILES string of the molecule is O=[N+]([O-])c1ccc(-c2nnco2)c(N2CCC(F)(F)CC2)c1. The van der Waals surface area contributed by atoms with E-state index in [-0.39, 0.29) is 37.5 Å². The van der Waals surface area contributed by atoms with E-state index in [1.807, 2.05) is 0 Å². The molecule has 0 radical (unpaired) electrons. The summed E-state index contributed by atoms with van der Waals surface area (Å²) >= 11 is 0. The van der Waals surface area contributed by atoms with Gasteiger partial charge in [-0.1, -0.05) is 0 Å². The average Bonchev–Trinajstić information content (AvgIpc) is 3.00. The summed E-state index contributed by atoms with van der Waals surface area (Å²) in [5.74, 6) is -2.50. The van der Waals surface area contributed by atoms with Crippen LogP contribution in [0.15, 0.2) is 29.0 Å². The molecule has 1 aliphatic heterocycles. The van der Waals surface area contributed by atoms with Crippen LogP contribution < -0.4 is 4.90 Å². The maximum Gasteiger partial charge on any atom is 0.271 e. The highest BCUT2D eigenvalue weighted by Gasteiger charge is 2.35. The molecule has 1 saturated heterocycles. The van der Waals surface area contributed by atoms with E-state index in [9.17, 15) is 18.9 Å². The molecule has 22 heavy (non-hydrogen) atoms. The smallest absolute Gasteiger partial charge is 0.271 e. The summed E-state index contributed by atoms with van der Waals surface area (Å²) in [7, 11) is 0. The summed E-state index contributed by atoms with van der Waals surface area (Å²) in [6.45, 7) is 0.213. The van der Waals surface area contributed by atoms with Crippen LogP contribution in [-0.2, 0) is 0 Å². The highest BCUT2D eigenvalue weighted by atomic mass is 19.3. The molecule has 116 valence electrons. The van der Waals surface area contributed by atoms with Crippen LogP contribution in [0, 0.1) is 10.1 Å². The third-order valence-electron chi connectivity index (χ3n) is 3.62. The Labute approximate surface area is 123 Å². The average molecular weight is 310 g/mol. The maximum absolute atomic E-state index is 13.3. The third kappa shape index (κ3) is 2.74. The fourth-order valence-corrected chi connectivity index (χ4v) is 2.44. The van der Waals surface area contributed by atoms with Gasteiger partial charge < -0.3 is 9.32 Å². The van der Waals surface area contributed by atoms with E-state index in [1.54, 1.807) is 4.90 Å². The van der Waals surface area contributed by atoms with E-state index in [0.29, 0.717) is 11.3 Å². The summed E-state index contributed by atoms with van der Waals surface area (Å²) in [6, 6.07) is 4.16. The van der Waals surface area contributed by atoms with Gasteiger partial charge in [-0.15, -0.1) is 10.2 Å². The standard InChI is InChI=1S/C13H12F2N4O3/c14-13(15)3-5-18(6-4-13)11-7-9(19(20)21)1-2-10(11)12-17-16-8-22-12/h1-2,7-8H,3-6H2. The minimum Gasteiger partial charge on any atom is -0.423 e. The van der Waals surface area contributed by atoms with Crippen molar-refractivity contribution < 1.29 is 18.1 Å². The van der Waals surface area contributed by atoms with Gasteiger partial charge in [0.15, 0.2) is 0 Å². The maximum atomic E-state index is 13.3. The highest BCUT2D eigenvalue weighted by molar-refractivity contribution is 5.76. The third-order valence-corrected chi connectivity index (χ3v) is 3.62. The first-order valence-electron chi connectivity index (χ1n) is 6.64. The van der Waals surface area contributed by atoms with Crippen molar-refractivity contribution in [3.05, 3.63) is 34.7 Å². The first-order valence-corrected chi connectivity index (χ1v) is 6.64. The first-order chi connectivity index (χ1) is 10.5.